The third-order valence-corrected chi connectivity index (χ3v) is 4.53. The standard InChI is InChI=1S/C14H22N2O5/c15-11(3-4-12(17)18)14(21)16-9-1-2-10(16)6-8(5-9)7-13(19)20/h8-11H,1-7,15H2,(H,17,18)(H,19,20). The van der Waals surface area contributed by atoms with E-state index in [1.807, 2.05) is 0 Å². The molecule has 3 unspecified atom stereocenters. The highest BCUT2D eigenvalue weighted by molar-refractivity contribution is 5.83. The van der Waals surface area contributed by atoms with Gasteiger partial charge in [-0.25, -0.2) is 0 Å². The summed E-state index contributed by atoms with van der Waals surface area (Å²) in [6.07, 6.45) is 3.37. The van der Waals surface area contributed by atoms with Gasteiger partial charge in [-0.05, 0) is 38.0 Å². The summed E-state index contributed by atoms with van der Waals surface area (Å²) in [5.41, 5.74) is 5.82. The van der Waals surface area contributed by atoms with Crippen LogP contribution in [0.4, 0.5) is 0 Å². The van der Waals surface area contributed by atoms with Gasteiger partial charge in [0, 0.05) is 24.9 Å². The highest BCUT2D eigenvalue weighted by Gasteiger charge is 2.44. The zero-order chi connectivity index (χ0) is 15.6. The van der Waals surface area contributed by atoms with Crippen molar-refractivity contribution in [3.8, 4) is 0 Å². The van der Waals surface area contributed by atoms with Crippen LogP contribution in [0.15, 0.2) is 0 Å². The Morgan fingerprint density at radius 3 is 2.14 bits per heavy atom. The Kier molecular flexibility index (Phi) is 4.82. The zero-order valence-corrected chi connectivity index (χ0v) is 11.9. The van der Waals surface area contributed by atoms with E-state index in [1.54, 1.807) is 4.90 Å². The molecule has 0 saturated carbocycles. The summed E-state index contributed by atoms with van der Waals surface area (Å²) in [6.45, 7) is 0. The van der Waals surface area contributed by atoms with Gasteiger partial charge in [-0.1, -0.05) is 0 Å². The first kappa shape index (κ1) is 15.8. The van der Waals surface area contributed by atoms with Crippen molar-refractivity contribution in [1.29, 1.82) is 0 Å². The minimum atomic E-state index is -0.957. The lowest BCUT2D eigenvalue weighted by Gasteiger charge is -2.39. The topological polar surface area (TPSA) is 121 Å². The molecular formula is C14H22N2O5. The van der Waals surface area contributed by atoms with E-state index >= 15 is 0 Å². The maximum Gasteiger partial charge on any atom is 0.303 e. The number of rotatable bonds is 6. The molecule has 0 aliphatic carbocycles. The van der Waals surface area contributed by atoms with Gasteiger partial charge < -0.3 is 20.8 Å². The molecule has 4 N–H and O–H groups in total. The van der Waals surface area contributed by atoms with Crippen molar-refractivity contribution in [2.24, 2.45) is 11.7 Å². The molecule has 2 aliphatic rings. The van der Waals surface area contributed by atoms with Gasteiger partial charge >= 0.3 is 11.9 Å². The van der Waals surface area contributed by atoms with Crippen LogP contribution in [-0.4, -0.2) is 51.1 Å². The van der Waals surface area contributed by atoms with E-state index < -0.39 is 18.0 Å². The molecule has 118 valence electrons. The monoisotopic (exact) mass is 298 g/mol. The smallest absolute Gasteiger partial charge is 0.303 e. The predicted molar refractivity (Wildman–Crippen MR) is 73.5 cm³/mol. The van der Waals surface area contributed by atoms with E-state index in [9.17, 15) is 14.4 Å². The van der Waals surface area contributed by atoms with Gasteiger partial charge in [-0.2, -0.15) is 0 Å². The summed E-state index contributed by atoms with van der Waals surface area (Å²) >= 11 is 0. The highest BCUT2D eigenvalue weighted by atomic mass is 16.4. The summed E-state index contributed by atoms with van der Waals surface area (Å²) in [5.74, 6) is -1.81. The van der Waals surface area contributed by atoms with Crippen molar-refractivity contribution in [2.75, 3.05) is 0 Å². The number of hydrogen-bond donors (Lipinski definition) is 3. The molecular weight excluding hydrogens is 276 g/mol. The Hall–Kier alpha value is -1.63. The molecule has 0 radical (unpaired) electrons. The minimum absolute atomic E-state index is 0.0662. The van der Waals surface area contributed by atoms with E-state index in [0.29, 0.717) is 12.8 Å². The Balaban J connectivity index is 1.94. The van der Waals surface area contributed by atoms with Crippen LogP contribution in [0.5, 0.6) is 0 Å². The maximum absolute atomic E-state index is 12.4. The lowest BCUT2D eigenvalue weighted by Crippen LogP contribution is -2.52. The molecule has 2 heterocycles. The average Bonchev–Trinajstić information content (AvgIpc) is 2.66. The fourth-order valence-electron chi connectivity index (χ4n) is 3.66. The van der Waals surface area contributed by atoms with E-state index in [1.165, 1.54) is 0 Å². The molecule has 21 heavy (non-hydrogen) atoms. The number of fused-ring (bicyclic) bond motifs is 2. The molecule has 2 fully saturated rings. The van der Waals surface area contributed by atoms with E-state index in [0.717, 1.165) is 12.8 Å². The Morgan fingerprint density at radius 2 is 1.67 bits per heavy atom. The van der Waals surface area contributed by atoms with Crippen molar-refractivity contribution in [3.63, 3.8) is 0 Å². The second kappa shape index (κ2) is 6.43. The van der Waals surface area contributed by atoms with Crippen molar-refractivity contribution in [1.82, 2.24) is 4.90 Å². The van der Waals surface area contributed by atoms with Crippen molar-refractivity contribution >= 4 is 17.8 Å². The van der Waals surface area contributed by atoms with Crippen LogP contribution in [0.25, 0.3) is 0 Å². The van der Waals surface area contributed by atoms with Crippen LogP contribution in [-0.2, 0) is 14.4 Å². The number of nitrogens with zero attached hydrogens (tertiary/aromatic N) is 1. The van der Waals surface area contributed by atoms with E-state index in [2.05, 4.69) is 0 Å². The molecule has 0 aromatic rings. The fourth-order valence-corrected chi connectivity index (χ4v) is 3.66. The molecule has 7 nitrogen and oxygen atoms in total. The van der Waals surface area contributed by atoms with Gasteiger partial charge in [0.2, 0.25) is 5.91 Å². The Morgan fingerprint density at radius 1 is 1.10 bits per heavy atom. The fraction of sp³-hybridized carbons (Fsp3) is 0.786. The van der Waals surface area contributed by atoms with Crippen molar-refractivity contribution in [3.05, 3.63) is 0 Å². The highest BCUT2D eigenvalue weighted by Crippen LogP contribution is 2.40. The van der Waals surface area contributed by atoms with Gasteiger partial charge in [0.25, 0.3) is 0 Å². The lowest BCUT2D eigenvalue weighted by molar-refractivity contribution is -0.140. The molecule has 1 amide bonds. The number of nitrogens with two attached hydrogens (primary N) is 1. The number of aliphatic carboxylic acids is 2. The second-order valence-electron chi connectivity index (χ2n) is 6.10. The summed E-state index contributed by atoms with van der Waals surface area (Å²) in [4.78, 5) is 35.6. The largest absolute Gasteiger partial charge is 0.481 e. The first-order chi connectivity index (χ1) is 9.88. The molecule has 0 spiro atoms. The third-order valence-electron chi connectivity index (χ3n) is 4.53. The first-order valence-electron chi connectivity index (χ1n) is 7.39. The second-order valence-corrected chi connectivity index (χ2v) is 6.10. The molecule has 2 bridgehead atoms. The van der Waals surface area contributed by atoms with Crippen molar-refractivity contribution in [2.45, 2.75) is 63.1 Å². The molecule has 7 heteroatoms. The van der Waals surface area contributed by atoms with Gasteiger partial charge in [0.05, 0.1) is 6.04 Å². The van der Waals surface area contributed by atoms with Gasteiger partial charge in [-0.15, -0.1) is 0 Å². The summed E-state index contributed by atoms with van der Waals surface area (Å²) in [7, 11) is 0. The number of carbonyl (C=O) groups is 3. The number of carbonyl (C=O) groups excluding carboxylic acids is 1. The number of carboxylic acids is 2. The van der Waals surface area contributed by atoms with Gasteiger partial charge in [0.1, 0.15) is 0 Å². The van der Waals surface area contributed by atoms with Crippen LogP contribution < -0.4 is 5.73 Å². The quantitative estimate of drug-likeness (QED) is 0.653. The zero-order valence-electron chi connectivity index (χ0n) is 11.9. The summed E-state index contributed by atoms with van der Waals surface area (Å²) in [6, 6.07) is -0.645. The van der Waals surface area contributed by atoms with Crippen molar-refractivity contribution < 1.29 is 24.6 Å². The molecule has 0 aromatic carbocycles. The van der Waals surface area contributed by atoms with Crippen LogP contribution >= 0.6 is 0 Å². The Bertz CT molecular complexity index is 425. The molecule has 2 rings (SSSR count). The first-order valence-corrected chi connectivity index (χ1v) is 7.39. The third kappa shape index (κ3) is 3.72. The van der Waals surface area contributed by atoms with Crippen LogP contribution in [0.1, 0.15) is 44.9 Å². The molecule has 0 aromatic heterocycles. The van der Waals surface area contributed by atoms with E-state index in [4.69, 9.17) is 15.9 Å². The number of amides is 1. The minimum Gasteiger partial charge on any atom is -0.481 e. The van der Waals surface area contributed by atoms with E-state index in [-0.39, 0.29) is 43.2 Å². The average molecular weight is 298 g/mol. The van der Waals surface area contributed by atoms with Gasteiger partial charge in [-0.3, -0.25) is 14.4 Å². The normalized spacial score (nSPS) is 29.2. The summed E-state index contributed by atoms with van der Waals surface area (Å²) in [5, 5.41) is 17.5. The lowest BCUT2D eigenvalue weighted by atomic mass is 9.87. The molecule has 3 atom stereocenters. The predicted octanol–water partition coefficient (Wildman–Crippen LogP) is 0.423. The summed E-state index contributed by atoms with van der Waals surface area (Å²) < 4.78 is 0. The number of hydrogen-bond acceptors (Lipinski definition) is 4. The van der Waals surface area contributed by atoms with Crippen LogP contribution in [0.3, 0.4) is 0 Å². The number of carboxylic acid groups (broad SMARTS) is 2. The molecule has 2 aliphatic heterocycles. The van der Waals surface area contributed by atoms with Gasteiger partial charge in [0.15, 0.2) is 0 Å². The SMILES string of the molecule is NC(CCC(=O)O)C(=O)N1C2CCC1CC(CC(=O)O)C2. The van der Waals surface area contributed by atoms with Crippen LogP contribution in [0, 0.1) is 5.92 Å². The molecule has 2 saturated heterocycles. The maximum atomic E-state index is 12.4. The van der Waals surface area contributed by atoms with Crippen LogP contribution in [0.2, 0.25) is 0 Å². The number of piperidine rings is 1. The Labute approximate surface area is 123 Å².